The maximum Gasteiger partial charge on any atom is 0.324 e. The molecule has 1 aromatic heterocycles. The van der Waals surface area contributed by atoms with Crippen LogP contribution in [0.25, 0.3) is 10.9 Å². The third-order valence-electron chi connectivity index (χ3n) is 8.84. The lowest BCUT2D eigenvalue weighted by Gasteiger charge is -2.37. The SMILES string of the molecule is COC(=O)C1[C@H]2c3cn(S(=O)(=O)c4ccc(C)cc4)c4cccc(c34)C[C@H]2C(C)(C)N1S(=O)(=O)c1ccc([N+](=O)[O-])cc1. The molecule has 4 aromatic rings. The summed E-state index contributed by atoms with van der Waals surface area (Å²) in [5.74, 6) is -1.95. The van der Waals surface area contributed by atoms with Gasteiger partial charge < -0.3 is 4.74 Å². The van der Waals surface area contributed by atoms with Gasteiger partial charge in [-0.15, -0.1) is 0 Å². The van der Waals surface area contributed by atoms with Gasteiger partial charge in [-0.05, 0) is 74.6 Å². The number of sulfonamides is 1. The number of benzene rings is 3. The van der Waals surface area contributed by atoms with Crippen molar-refractivity contribution in [1.82, 2.24) is 8.28 Å². The molecule has 2 heterocycles. The minimum Gasteiger partial charge on any atom is -0.468 e. The lowest BCUT2D eigenvalue weighted by atomic mass is 9.70. The number of nitro benzene ring substituents is 1. The maximum absolute atomic E-state index is 14.2. The van der Waals surface area contributed by atoms with Gasteiger partial charge in [0.05, 0.1) is 27.3 Å². The number of hydrogen-bond donors (Lipinski definition) is 0. The molecule has 0 bridgehead atoms. The lowest BCUT2D eigenvalue weighted by molar-refractivity contribution is -0.384. The number of esters is 1. The number of aromatic nitrogens is 1. The van der Waals surface area contributed by atoms with Gasteiger partial charge in [0, 0.05) is 35.2 Å². The minimum atomic E-state index is -4.39. The van der Waals surface area contributed by atoms with Crippen molar-refractivity contribution in [1.29, 1.82) is 0 Å². The quantitative estimate of drug-likeness (QED) is 0.175. The van der Waals surface area contributed by atoms with Gasteiger partial charge in [0.25, 0.3) is 15.7 Å². The Balaban J connectivity index is 1.56. The summed E-state index contributed by atoms with van der Waals surface area (Å²) in [4.78, 5) is 24.0. The van der Waals surface area contributed by atoms with E-state index in [9.17, 15) is 31.7 Å². The van der Waals surface area contributed by atoms with Crippen molar-refractivity contribution in [2.24, 2.45) is 5.92 Å². The van der Waals surface area contributed by atoms with Gasteiger partial charge in [0.1, 0.15) is 6.04 Å². The average molecular weight is 624 g/mol. The van der Waals surface area contributed by atoms with Crippen LogP contribution in [-0.4, -0.2) is 54.7 Å². The van der Waals surface area contributed by atoms with Gasteiger partial charge in [0.15, 0.2) is 0 Å². The highest BCUT2D eigenvalue weighted by molar-refractivity contribution is 7.90. The second-order valence-electron chi connectivity index (χ2n) is 11.5. The van der Waals surface area contributed by atoms with Crippen molar-refractivity contribution in [3.05, 3.63) is 99.7 Å². The fourth-order valence-corrected chi connectivity index (χ4v) is 10.2. The van der Waals surface area contributed by atoms with E-state index in [2.05, 4.69) is 0 Å². The van der Waals surface area contributed by atoms with E-state index in [1.165, 1.54) is 29.4 Å². The molecule has 0 N–H and O–H groups in total. The Labute approximate surface area is 248 Å². The number of methoxy groups -OCH3 is 1. The molecule has 2 aliphatic rings. The van der Waals surface area contributed by atoms with Crippen LogP contribution in [0.5, 0.6) is 0 Å². The number of nitro groups is 1. The average Bonchev–Trinajstić information content (AvgIpc) is 3.48. The Morgan fingerprint density at radius 1 is 0.953 bits per heavy atom. The molecule has 1 aliphatic carbocycles. The number of carbonyl (C=O) groups is 1. The Hall–Kier alpha value is -4.07. The molecular formula is C30H29N3O8S2. The Morgan fingerprint density at radius 2 is 1.56 bits per heavy atom. The largest absolute Gasteiger partial charge is 0.468 e. The fraction of sp³-hybridized carbons (Fsp3) is 0.300. The van der Waals surface area contributed by atoms with Crippen LogP contribution >= 0.6 is 0 Å². The van der Waals surface area contributed by atoms with Gasteiger partial charge >= 0.3 is 5.97 Å². The zero-order chi connectivity index (χ0) is 31.1. The predicted molar refractivity (Wildman–Crippen MR) is 158 cm³/mol. The molecular weight excluding hydrogens is 594 g/mol. The lowest BCUT2D eigenvalue weighted by Crippen LogP contribution is -2.51. The number of fused-ring (bicyclic) bond motifs is 2. The second-order valence-corrected chi connectivity index (χ2v) is 15.1. The van der Waals surface area contributed by atoms with E-state index in [1.807, 2.05) is 13.0 Å². The molecule has 0 spiro atoms. The van der Waals surface area contributed by atoms with Gasteiger partial charge in [0.2, 0.25) is 10.0 Å². The van der Waals surface area contributed by atoms with E-state index in [-0.39, 0.29) is 15.5 Å². The van der Waals surface area contributed by atoms with E-state index >= 15 is 0 Å². The van der Waals surface area contributed by atoms with Crippen molar-refractivity contribution < 1.29 is 31.3 Å². The van der Waals surface area contributed by atoms with Crippen LogP contribution in [0.2, 0.25) is 0 Å². The summed E-state index contributed by atoms with van der Waals surface area (Å²) in [6, 6.07) is 15.1. The number of non-ortho nitro benzene ring substituents is 1. The van der Waals surface area contributed by atoms with Crippen molar-refractivity contribution in [2.45, 2.75) is 54.5 Å². The summed E-state index contributed by atoms with van der Waals surface area (Å²) in [6.45, 7) is 5.34. The third kappa shape index (κ3) is 4.20. The van der Waals surface area contributed by atoms with E-state index in [4.69, 9.17) is 4.74 Å². The number of ether oxygens (including phenoxy) is 1. The topological polar surface area (TPSA) is 146 Å². The molecule has 0 radical (unpaired) electrons. The van der Waals surface area contributed by atoms with Gasteiger partial charge in [-0.2, -0.15) is 4.31 Å². The first kappa shape index (κ1) is 29.0. The number of nitrogens with zero attached hydrogens (tertiary/aromatic N) is 3. The van der Waals surface area contributed by atoms with Crippen LogP contribution in [-0.2, 0) is 36.0 Å². The van der Waals surface area contributed by atoms with Crippen LogP contribution in [0.4, 0.5) is 5.69 Å². The van der Waals surface area contributed by atoms with Crippen molar-refractivity contribution in [3.63, 3.8) is 0 Å². The van der Waals surface area contributed by atoms with Gasteiger partial charge in [-0.1, -0.05) is 29.8 Å². The van der Waals surface area contributed by atoms with Crippen LogP contribution in [0.1, 0.15) is 36.5 Å². The van der Waals surface area contributed by atoms with Crippen molar-refractivity contribution in [2.75, 3.05) is 7.11 Å². The number of hydrogen-bond acceptors (Lipinski definition) is 8. The third-order valence-corrected chi connectivity index (χ3v) is 12.6. The predicted octanol–water partition coefficient (Wildman–Crippen LogP) is 4.38. The fourth-order valence-electron chi connectivity index (χ4n) is 6.81. The number of rotatable bonds is 6. The molecule has 3 aromatic carbocycles. The van der Waals surface area contributed by atoms with E-state index < -0.39 is 54.4 Å². The molecule has 11 nitrogen and oxygen atoms in total. The van der Waals surface area contributed by atoms with E-state index in [0.717, 1.165) is 39.7 Å². The van der Waals surface area contributed by atoms with Crippen LogP contribution in [0.3, 0.4) is 0 Å². The highest BCUT2D eigenvalue weighted by Crippen LogP contribution is 2.56. The Kier molecular flexibility index (Phi) is 6.56. The molecule has 0 amide bonds. The maximum atomic E-state index is 14.2. The minimum absolute atomic E-state index is 0.0985. The molecule has 224 valence electrons. The Morgan fingerprint density at radius 3 is 2.16 bits per heavy atom. The number of aryl methyl sites for hydroxylation is 1. The smallest absolute Gasteiger partial charge is 0.324 e. The Bertz CT molecular complexity index is 2020. The summed E-state index contributed by atoms with van der Waals surface area (Å²) in [5.41, 5.74) is 1.32. The van der Waals surface area contributed by atoms with Crippen molar-refractivity contribution in [3.8, 4) is 0 Å². The first-order chi connectivity index (χ1) is 20.2. The zero-order valence-corrected chi connectivity index (χ0v) is 25.4. The van der Waals surface area contributed by atoms with Gasteiger partial charge in [-0.25, -0.2) is 20.8 Å². The highest BCUT2D eigenvalue weighted by Gasteiger charge is 2.63. The molecule has 3 atom stereocenters. The first-order valence-electron chi connectivity index (χ1n) is 13.5. The summed E-state index contributed by atoms with van der Waals surface area (Å²) >= 11 is 0. The highest BCUT2D eigenvalue weighted by atomic mass is 32.2. The zero-order valence-electron chi connectivity index (χ0n) is 23.8. The summed E-state index contributed by atoms with van der Waals surface area (Å²) < 4.78 is 63.8. The number of carbonyl (C=O) groups excluding carboxylic acids is 1. The summed E-state index contributed by atoms with van der Waals surface area (Å²) in [7, 11) is -7.26. The van der Waals surface area contributed by atoms with Crippen molar-refractivity contribution >= 4 is 42.6 Å². The molecule has 1 aliphatic heterocycles. The first-order valence-corrected chi connectivity index (χ1v) is 16.4. The molecule has 1 saturated heterocycles. The molecule has 0 saturated carbocycles. The molecule has 43 heavy (non-hydrogen) atoms. The van der Waals surface area contributed by atoms with E-state index in [0.29, 0.717) is 22.9 Å². The standard InChI is InChI=1S/C30H29N3O8S2/c1-18-8-12-21(13-9-18)42(37,38)31-17-23-26-19(6-5-7-25(26)31)16-24-27(23)28(29(34)41-4)32(30(24,2)3)43(39,40)22-14-10-20(11-15-22)33(35)36/h5-15,17,24,27-28H,16H2,1-4H3/t24-,27+,28?/m1/s1. The summed E-state index contributed by atoms with van der Waals surface area (Å²) in [6.07, 6.45) is 1.89. The monoisotopic (exact) mass is 623 g/mol. The van der Waals surface area contributed by atoms with Crippen LogP contribution in [0, 0.1) is 23.0 Å². The second kappa shape index (κ2) is 9.73. The van der Waals surface area contributed by atoms with Crippen LogP contribution in [0.15, 0.2) is 82.7 Å². The molecule has 1 fully saturated rings. The molecule has 1 unspecified atom stereocenters. The molecule has 6 rings (SSSR count). The molecule has 13 heteroatoms. The van der Waals surface area contributed by atoms with Crippen LogP contribution < -0.4 is 0 Å². The normalized spacial score (nSPS) is 21.4. The van der Waals surface area contributed by atoms with E-state index in [1.54, 1.807) is 38.1 Å². The summed E-state index contributed by atoms with van der Waals surface area (Å²) in [5, 5.41) is 11.9. The van der Waals surface area contributed by atoms with Gasteiger partial charge in [-0.3, -0.25) is 14.9 Å².